The van der Waals surface area contributed by atoms with Gasteiger partial charge in [0, 0.05) is 0 Å². The van der Waals surface area contributed by atoms with Crippen LogP contribution in [0.5, 0.6) is 0 Å². The van der Waals surface area contributed by atoms with Crippen LogP contribution in [0.3, 0.4) is 0 Å². The van der Waals surface area contributed by atoms with E-state index in [9.17, 15) is 4.79 Å². The highest BCUT2D eigenvalue weighted by Crippen LogP contribution is 1.97. The average Bonchev–Trinajstić information content (AvgIpc) is 2.05. The van der Waals surface area contributed by atoms with Crippen LogP contribution in [0, 0.1) is 0 Å². The summed E-state index contributed by atoms with van der Waals surface area (Å²) in [6.07, 6.45) is 6.86. The molecule has 0 unspecified atom stereocenters. The summed E-state index contributed by atoms with van der Waals surface area (Å²) in [5.41, 5.74) is 4.88. The standard InChI is InChI=1S/C9H13NO2/c1-3-5-6-8(4-2)12-7-9(10)11/h3-6H,2,7H2,1H3,(H2,10,11)/b5-3+,8-6+. The molecule has 0 bridgehead atoms. The third-order valence-corrected chi connectivity index (χ3v) is 1.04. The highest BCUT2D eigenvalue weighted by atomic mass is 16.5. The lowest BCUT2D eigenvalue weighted by molar-refractivity contribution is -0.121. The van der Waals surface area contributed by atoms with Gasteiger partial charge in [0.1, 0.15) is 5.76 Å². The van der Waals surface area contributed by atoms with Crippen LogP contribution < -0.4 is 5.73 Å². The SMILES string of the molecule is C=C/C(=C\C=C\C)OCC(N)=O. The maximum atomic E-state index is 10.3. The van der Waals surface area contributed by atoms with E-state index in [0.717, 1.165) is 0 Å². The maximum absolute atomic E-state index is 10.3. The fourth-order valence-electron chi connectivity index (χ4n) is 0.521. The molecule has 0 aliphatic carbocycles. The summed E-state index contributed by atoms with van der Waals surface area (Å²) in [5, 5.41) is 0. The smallest absolute Gasteiger partial charge is 0.255 e. The number of hydrogen-bond donors (Lipinski definition) is 1. The van der Waals surface area contributed by atoms with Crippen molar-refractivity contribution < 1.29 is 9.53 Å². The highest BCUT2D eigenvalue weighted by molar-refractivity contribution is 5.75. The van der Waals surface area contributed by atoms with E-state index in [0.29, 0.717) is 5.76 Å². The van der Waals surface area contributed by atoms with Crippen molar-refractivity contribution in [1.82, 2.24) is 0 Å². The highest BCUT2D eigenvalue weighted by Gasteiger charge is 1.94. The Bertz CT molecular complexity index is 217. The second-order valence-electron chi connectivity index (χ2n) is 2.05. The first-order chi connectivity index (χ1) is 5.70. The van der Waals surface area contributed by atoms with Crippen molar-refractivity contribution in [3.63, 3.8) is 0 Å². The molecule has 66 valence electrons. The van der Waals surface area contributed by atoms with Crippen molar-refractivity contribution >= 4 is 5.91 Å². The molecule has 0 radical (unpaired) electrons. The van der Waals surface area contributed by atoms with Crippen molar-refractivity contribution in [3.05, 3.63) is 36.6 Å². The van der Waals surface area contributed by atoms with Crippen LogP contribution in [0.25, 0.3) is 0 Å². The van der Waals surface area contributed by atoms with Gasteiger partial charge >= 0.3 is 0 Å². The Hall–Kier alpha value is -1.51. The molecule has 12 heavy (non-hydrogen) atoms. The maximum Gasteiger partial charge on any atom is 0.255 e. The minimum atomic E-state index is -0.497. The molecule has 0 aliphatic rings. The predicted molar refractivity (Wildman–Crippen MR) is 48.2 cm³/mol. The van der Waals surface area contributed by atoms with E-state index in [1.807, 2.05) is 13.0 Å². The van der Waals surface area contributed by atoms with Crippen LogP contribution in [0.1, 0.15) is 6.92 Å². The van der Waals surface area contributed by atoms with Gasteiger partial charge in [-0.05, 0) is 19.1 Å². The topological polar surface area (TPSA) is 52.3 Å². The van der Waals surface area contributed by atoms with Gasteiger partial charge in [-0.1, -0.05) is 18.7 Å². The largest absolute Gasteiger partial charge is 0.484 e. The Kier molecular flexibility index (Phi) is 5.43. The van der Waals surface area contributed by atoms with Crippen molar-refractivity contribution in [2.45, 2.75) is 6.92 Å². The fourth-order valence-corrected chi connectivity index (χ4v) is 0.521. The Morgan fingerprint density at radius 2 is 2.33 bits per heavy atom. The van der Waals surface area contributed by atoms with Crippen LogP contribution in [-0.2, 0) is 9.53 Å². The number of hydrogen-bond acceptors (Lipinski definition) is 2. The summed E-state index contributed by atoms with van der Waals surface area (Å²) >= 11 is 0. The number of ether oxygens (including phenoxy) is 1. The molecule has 0 saturated heterocycles. The molecule has 0 spiro atoms. The minimum absolute atomic E-state index is 0.116. The average molecular weight is 167 g/mol. The predicted octanol–water partition coefficient (Wildman–Crippen LogP) is 1.13. The van der Waals surface area contributed by atoms with E-state index in [2.05, 4.69) is 6.58 Å². The first kappa shape index (κ1) is 10.5. The van der Waals surface area contributed by atoms with E-state index >= 15 is 0 Å². The van der Waals surface area contributed by atoms with E-state index < -0.39 is 5.91 Å². The quantitative estimate of drug-likeness (QED) is 0.493. The zero-order valence-corrected chi connectivity index (χ0v) is 7.12. The van der Waals surface area contributed by atoms with E-state index in [1.54, 1.807) is 12.2 Å². The number of carbonyl (C=O) groups excluding carboxylic acids is 1. The number of amides is 1. The normalized spacial score (nSPS) is 11.6. The number of carbonyl (C=O) groups is 1. The molecule has 0 aromatic heterocycles. The zero-order chi connectivity index (χ0) is 9.40. The summed E-state index contributed by atoms with van der Waals surface area (Å²) in [6.45, 7) is 5.28. The zero-order valence-electron chi connectivity index (χ0n) is 7.12. The third-order valence-electron chi connectivity index (χ3n) is 1.04. The van der Waals surface area contributed by atoms with Gasteiger partial charge in [-0.15, -0.1) is 0 Å². The second kappa shape index (κ2) is 6.22. The molecule has 0 aliphatic heterocycles. The van der Waals surface area contributed by atoms with E-state index in [1.165, 1.54) is 6.08 Å². The van der Waals surface area contributed by atoms with Gasteiger partial charge in [0.2, 0.25) is 0 Å². The van der Waals surface area contributed by atoms with E-state index in [-0.39, 0.29) is 6.61 Å². The van der Waals surface area contributed by atoms with Gasteiger partial charge < -0.3 is 10.5 Å². The van der Waals surface area contributed by atoms with Crippen LogP contribution in [0.4, 0.5) is 0 Å². The summed E-state index contributed by atoms with van der Waals surface area (Å²) < 4.78 is 4.97. The summed E-state index contributed by atoms with van der Waals surface area (Å²) in [4.78, 5) is 10.3. The number of allylic oxidation sites excluding steroid dienone is 4. The lowest BCUT2D eigenvalue weighted by Gasteiger charge is -2.01. The lowest BCUT2D eigenvalue weighted by atomic mass is 10.4. The Labute approximate surface area is 72.2 Å². The Morgan fingerprint density at radius 3 is 2.75 bits per heavy atom. The number of rotatable bonds is 5. The van der Waals surface area contributed by atoms with Crippen molar-refractivity contribution in [1.29, 1.82) is 0 Å². The monoisotopic (exact) mass is 167 g/mol. The molecule has 1 amide bonds. The molecule has 2 N–H and O–H groups in total. The molecule has 0 saturated carbocycles. The summed E-state index contributed by atoms with van der Waals surface area (Å²) in [7, 11) is 0. The summed E-state index contributed by atoms with van der Waals surface area (Å²) in [6, 6.07) is 0. The molecule has 3 heteroatoms. The fraction of sp³-hybridized carbons (Fsp3) is 0.222. The number of nitrogens with two attached hydrogens (primary N) is 1. The van der Waals surface area contributed by atoms with Gasteiger partial charge in [-0.2, -0.15) is 0 Å². The number of primary amides is 1. The molecule has 0 aromatic rings. The van der Waals surface area contributed by atoms with Crippen LogP contribution >= 0.6 is 0 Å². The summed E-state index contributed by atoms with van der Waals surface area (Å²) in [5.74, 6) is 0.0372. The first-order valence-corrected chi connectivity index (χ1v) is 3.57. The van der Waals surface area contributed by atoms with Crippen LogP contribution in [-0.4, -0.2) is 12.5 Å². The van der Waals surface area contributed by atoms with Gasteiger partial charge in [0.05, 0.1) is 0 Å². The molecule has 0 aromatic carbocycles. The third kappa shape index (κ3) is 5.29. The van der Waals surface area contributed by atoms with Gasteiger partial charge in [-0.3, -0.25) is 4.79 Å². The minimum Gasteiger partial charge on any atom is -0.484 e. The molecule has 0 atom stereocenters. The molecule has 0 fully saturated rings. The van der Waals surface area contributed by atoms with Gasteiger partial charge in [0.15, 0.2) is 6.61 Å². The van der Waals surface area contributed by atoms with Crippen molar-refractivity contribution in [2.24, 2.45) is 5.73 Å². The lowest BCUT2D eigenvalue weighted by Crippen LogP contribution is -2.17. The van der Waals surface area contributed by atoms with E-state index in [4.69, 9.17) is 10.5 Å². The molecular weight excluding hydrogens is 154 g/mol. The van der Waals surface area contributed by atoms with Gasteiger partial charge in [0.25, 0.3) is 5.91 Å². The molecule has 0 heterocycles. The van der Waals surface area contributed by atoms with Gasteiger partial charge in [-0.25, -0.2) is 0 Å². The second-order valence-corrected chi connectivity index (χ2v) is 2.05. The molecule has 0 rings (SSSR count). The molecular formula is C9H13NO2. The van der Waals surface area contributed by atoms with Crippen LogP contribution in [0.15, 0.2) is 36.6 Å². The van der Waals surface area contributed by atoms with Crippen molar-refractivity contribution in [2.75, 3.05) is 6.61 Å². The van der Waals surface area contributed by atoms with Crippen LogP contribution in [0.2, 0.25) is 0 Å². The molecule has 3 nitrogen and oxygen atoms in total. The Morgan fingerprint density at radius 1 is 1.67 bits per heavy atom. The first-order valence-electron chi connectivity index (χ1n) is 3.57. The van der Waals surface area contributed by atoms with Crippen molar-refractivity contribution in [3.8, 4) is 0 Å². The Balaban J connectivity index is 3.99.